The summed E-state index contributed by atoms with van der Waals surface area (Å²) in [6, 6.07) is 21.1. The van der Waals surface area contributed by atoms with Crippen LogP contribution in [-0.4, -0.2) is 27.5 Å². The number of hydrogen-bond acceptors (Lipinski definition) is 5. The van der Waals surface area contributed by atoms with Crippen molar-refractivity contribution < 1.29 is 14.3 Å². The van der Waals surface area contributed by atoms with Gasteiger partial charge in [-0.05, 0) is 59.5 Å². The third-order valence-electron chi connectivity index (χ3n) is 5.32. The molecule has 2 aromatic heterocycles. The second kappa shape index (κ2) is 11.2. The Bertz CT molecular complexity index is 1260. The highest BCUT2D eigenvalue weighted by Crippen LogP contribution is 2.23. The third kappa shape index (κ3) is 6.02. The zero-order valence-corrected chi connectivity index (χ0v) is 18.5. The summed E-state index contributed by atoms with van der Waals surface area (Å²) < 4.78 is 13.5. The summed E-state index contributed by atoms with van der Waals surface area (Å²) in [4.78, 5) is 21.7. The van der Waals surface area contributed by atoms with Crippen LogP contribution < -0.4 is 10.6 Å². The van der Waals surface area contributed by atoms with E-state index in [1.807, 2.05) is 42.5 Å². The lowest BCUT2D eigenvalue weighted by molar-refractivity contribution is 0.0951. The molecule has 7 heteroatoms. The second-order valence-electron chi connectivity index (χ2n) is 7.80. The van der Waals surface area contributed by atoms with Gasteiger partial charge in [0.1, 0.15) is 11.6 Å². The first-order valence-corrected chi connectivity index (χ1v) is 11.0. The van der Waals surface area contributed by atoms with Crippen molar-refractivity contribution in [1.29, 1.82) is 0 Å². The molecule has 0 saturated heterocycles. The number of aliphatic hydroxyl groups is 1. The van der Waals surface area contributed by atoms with Crippen LogP contribution in [0.3, 0.4) is 0 Å². The van der Waals surface area contributed by atoms with Crippen molar-refractivity contribution in [2.45, 2.75) is 19.6 Å². The fourth-order valence-corrected chi connectivity index (χ4v) is 3.56. The molecule has 0 radical (unpaired) electrons. The molecule has 0 unspecified atom stereocenters. The first-order valence-electron chi connectivity index (χ1n) is 11.0. The maximum Gasteiger partial charge on any atom is 0.255 e. The van der Waals surface area contributed by atoms with E-state index in [2.05, 4.69) is 15.6 Å². The second-order valence-corrected chi connectivity index (χ2v) is 7.80. The first kappa shape index (κ1) is 23.1. The third-order valence-corrected chi connectivity index (χ3v) is 5.32. The Morgan fingerprint density at radius 2 is 1.76 bits per heavy atom. The zero-order chi connectivity index (χ0) is 23.8. The number of anilines is 1. The number of aliphatic hydroxyl groups excluding tert-OH is 1. The van der Waals surface area contributed by atoms with Gasteiger partial charge in [0.15, 0.2) is 0 Å². The number of hydrogen-bond donors (Lipinski definition) is 3. The highest BCUT2D eigenvalue weighted by atomic mass is 19.1. The first-order chi connectivity index (χ1) is 16.6. The number of carbonyl (C=O) groups excluding carboxylic acids is 1. The average molecular weight is 457 g/mol. The molecule has 0 saturated carbocycles. The zero-order valence-electron chi connectivity index (χ0n) is 18.5. The van der Waals surface area contributed by atoms with Crippen molar-refractivity contribution >= 4 is 11.7 Å². The molecular formula is C27H25FN4O2. The summed E-state index contributed by atoms with van der Waals surface area (Å²) in [5.41, 5.74) is 4.43. The maximum atomic E-state index is 13.5. The molecule has 0 aliphatic rings. The van der Waals surface area contributed by atoms with Crippen LogP contribution >= 0.6 is 0 Å². The summed E-state index contributed by atoms with van der Waals surface area (Å²) in [6.07, 6.45) is 3.95. The minimum absolute atomic E-state index is 0.0680. The van der Waals surface area contributed by atoms with E-state index in [4.69, 9.17) is 4.98 Å². The normalized spacial score (nSPS) is 10.6. The summed E-state index contributed by atoms with van der Waals surface area (Å²) in [6.45, 7) is 0.747. The van der Waals surface area contributed by atoms with Gasteiger partial charge in [0.05, 0.1) is 17.9 Å². The lowest BCUT2D eigenvalue weighted by atomic mass is 10.1. The van der Waals surface area contributed by atoms with Gasteiger partial charge in [-0.2, -0.15) is 0 Å². The Kier molecular flexibility index (Phi) is 7.57. The summed E-state index contributed by atoms with van der Waals surface area (Å²) in [7, 11) is 0. The molecule has 34 heavy (non-hydrogen) atoms. The molecule has 4 aromatic rings. The van der Waals surface area contributed by atoms with Crippen molar-refractivity contribution in [3.05, 3.63) is 113 Å². The monoisotopic (exact) mass is 456 g/mol. The van der Waals surface area contributed by atoms with Crippen LogP contribution in [0.15, 0.2) is 85.2 Å². The molecule has 0 aliphatic heterocycles. The molecule has 0 atom stereocenters. The Hall–Kier alpha value is -4.10. The minimum atomic E-state index is -0.281. The summed E-state index contributed by atoms with van der Waals surface area (Å²) in [5, 5.41) is 15.6. The van der Waals surface area contributed by atoms with Crippen LogP contribution in [0, 0.1) is 5.82 Å². The summed E-state index contributed by atoms with van der Waals surface area (Å²) >= 11 is 0. The van der Waals surface area contributed by atoms with E-state index in [1.165, 1.54) is 12.1 Å². The smallest absolute Gasteiger partial charge is 0.255 e. The van der Waals surface area contributed by atoms with Crippen LogP contribution in [0.4, 0.5) is 10.2 Å². The lowest BCUT2D eigenvalue weighted by Crippen LogP contribution is -2.24. The number of aromatic nitrogens is 2. The lowest BCUT2D eigenvalue weighted by Gasteiger charge is -2.14. The van der Waals surface area contributed by atoms with Crippen LogP contribution in [0.5, 0.6) is 0 Å². The quantitative estimate of drug-likeness (QED) is 0.348. The van der Waals surface area contributed by atoms with Crippen LogP contribution in [0.2, 0.25) is 0 Å². The number of nitrogens with one attached hydrogen (secondary N) is 2. The van der Waals surface area contributed by atoms with Crippen LogP contribution in [0.25, 0.3) is 11.3 Å². The predicted octanol–water partition coefficient (Wildman–Crippen LogP) is 4.36. The number of amides is 1. The number of halogens is 1. The fourth-order valence-electron chi connectivity index (χ4n) is 3.56. The molecule has 0 spiro atoms. The Balaban J connectivity index is 1.56. The standard InChI is InChI=1S/C27H25FN4O2/c28-23-8-2-4-19(15-23)11-13-30-26-24(27(34)31-17-21-6-3-12-29-16-21)9-10-25(32-26)22-7-1-5-20(14-22)18-33/h1-10,12,14-16,33H,11,13,17-18H2,(H,30,32)(H,31,34). The molecular weight excluding hydrogens is 431 g/mol. The average Bonchev–Trinajstić information content (AvgIpc) is 2.88. The highest BCUT2D eigenvalue weighted by molar-refractivity contribution is 5.99. The molecule has 2 aromatic carbocycles. The van der Waals surface area contributed by atoms with Crippen molar-refractivity contribution in [3.63, 3.8) is 0 Å². The number of carbonyl (C=O) groups is 1. The molecule has 4 rings (SSSR count). The molecule has 3 N–H and O–H groups in total. The van der Waals surface area contributed by atoms with Gasteiger partial charge in [-0.1, -0.05) is 36.4 Å². The highest BCUT2D eigenvalue weighted by Gasteiger charge is 2.15. The van der Waals surface area contributed by atoms with Crippen molar-refractivity contribution in [2.75, 3.05) is 11.9 Å². The van der Waals surface area contributed by atoms with Gasteiger partial charge in [0.2, 0.25) is 0 Å². The van der Waals surface area contributed by atoms with Crippen LogP contribution in [0.1, 0.15) is 27.0 Å². The molecule has 172 valence electrons. The molecule has 2 heterocycles. The topological polar surface area (TPSA) is 87.1 Å². The van der Waals surface area contributed by atoms with E-state index in [9.17, 15) is 14.3 Å². The van der Waals surface area contributed by atoms with Gasteiger partial charge < -0.3 is 15.7 Å². The van der Waals surface area contributed by atoms with Crippen molar-refractivity contribution in [1.82, 2.24) is 15.3 Å². The largest absolute Gasteiger partial charge is 0.392 e. The van der Waals surface area contributed by atoms with E-state index in [0.29, 0.717) is 36.6 Å². The number of pyridine rings is 2. The Labute approximate surface area is 197 Å². The van der Waals surface area contributed by atoms with Gasteiger partial charge in [-0.3, -0.25) is 9.78 Å². The molecule has 0 bridgehead atoms. The van der Waals surface area contributed by atoms with E-state index in [-0.39, 0.29) is 18.3 Å². The molecule has 6 nitrogen and oxygen atoms in total. The molecule has 1 amide bonds. The number of rotatable bonds is 9. The Morgan fingerprint density at radius 3 is 2.56 bits per heavy atom. The van der Waals surface area contributed by atoms with Gasteiger partial charge in [-0.25, -0.2) is 9.37 Å². The Morgan fingerprint density at radius 1 is 0.941 bits per heavy atom. The van der Waals surface area contributed by atoms with E-state index in [1.54, 1.807) is 30.6 Å². The number of nitrogens with zero attached hydrogens (tertiary/aromatic N) is 2. The van der Waals surface area contributed by atoms with Crippen molar-refractivity contribution in [3.8, 4) is 11.3 Å². The maximum absolute atomic E-state index is 13.5. The van der Waals surface area contributed by atoms with E-state index < -0.39 is 0 Å². The van der Waals surface area contributed by atoms with Gasteiger partial charge in [-0.15, -0.1) is 0 Å². The fraction of sp³-hybridized carbons (Fsp3) is 0.148. The molecule has 0 aliphatic carbocycles. The molecule has 0 fully saturated rings. The van der Waals surface area contributed by atoms with Crippen molar-refractivity contribution in [2.24, 2.45) is 0 Å². The van der Waals surface area contributed by atoms with E-state index >= 15 is 0 Å². The van der Waals surface area contributed by atoms with Gasteiger partial charge >= 0.3 is 0 Å². The van der Waals surface area contributed by atoms with E-state index in [0.717, 1.165) is 22.3 Å². The predicted molar refractivity (Wildman–Crippen MR) is 130 cm³/mol. The number of benzene rings is 2. The van der Waals surface area contributed by atoms with Gasteiger partial charge in [0.25, 0.3) is 5.91 Å². The van der Waals surface area contributed by atoms with Gasteiger partial charge in [0, 0.05) is 31.0 Å². The minimum Gasteiger partial charge on any atom is -0.392 e. The summed E-state index contributed by atoms with van der Waals surface area (Å²) in [5.74, 6) is -0.107. The SMILES string of the molecule is O=C(NCc1cccnc1)c1ccc(-c2cccc(CO)c2)nc1NCCc1cccc(F)c1. The van der Waals surface area contributed by atoms with Crippen LogP contribution in [-0.2, 0) is 19.6 Å².